The van der Waals surface area contributed by atoms with E-state index >= 15 is 0 Å². The molecular formula is C23H27ClN2O6S. The summed E-state index contributed by atoms with van der Waals surface area (Å²) in [4.78, 5) is 25.0. The Morgan fingerprint density at radius 2 is 1.67 bits per heavy atom. The minimum absolute atomic E-state index is 0.00957. The molecule has 0 aromatic heterocycles. The van der Waals surface area contributed by atoms with Crippen molar-refractivity contribution in [2.45, 2.75) is 43.6 Å². The number of amides is 1. The average Bonchev–Trinajstić information content (AvgIpc) is 3.10. The summed E-state index contributed by atoms with van der Waals surface area (Å²) >= 11 is 5.83. The van der Waals surface area contributed by atoms with Crippen LogP contribution in [0.25, 0.3) is 0 Å². The minimum atomic E-state index is -3.86. The van der Waals surface area contributed by atoms with Gasteiger partial charge in [-0.15, -0.1) is 0 Å². The molecule has 1 fully saturated rings. The second kappa shape index (κ2) is 11.0. The zero-order valence-electron chi connectivity index (χ0n) is 18.5. The molecule has 0 saturated carbocycles. The summed E-state index contributed by atoms with van der Waals surface area (Å²) in [7, 11) is -2.49. The fraction of sp³-hybridized carbons (Fsp3) is 0.391. The number of ether oxygens (including phenoxy) is 2. The van der Waals surface area contributed by atoms with Crippen LogP contribution in [-0.2, 0) is 19.6 Å². The van der Waals surface area contributed by atoms with Gasteiger partial charge in [0.15, 0.2) is 6.10 Å². The molecule has 8 nitrogen and oxygen atoms in total. The van der Waals surface area contributed by atoms with Gasteiger partial charge in [0.25, 0.3) is 5.91 Å². The van der Waals surface area contributed by atoms with Gasteiger partial charge in [-0.05, 0) is 62.2 Å². The number of carbonyl (C=O) groups is 2. The van der Waals surface area contributed by atoms with E-state index in [1.165, 1.54) is 36.5 Å². The van der Waals surface area contributed by atoms with Crippen molar-refractivity contribution < 1.29 is 27.5 Å². The molecule has 1 aliphatic heterocycles. The third-order valence-corrected chi connectivity index (χ3v) is 7.52. The summed E-state index contributed by atoms with van der Waals surface area (Å²) in [6.45, 7) is 2.27. The second-order valence-corrected chi connectivity index (χ2v) is 10.1. The number of carbonyl (C=O) groups excluding carboxylic acids is 2. The summed E-state index contributed by atoms with van der Waals surface area (Å²) < 4.78 is 38.5. The van der Waals surface area contributed by atoms with Crippen molar-refractivity contribution in [3.63, 3.8) is 0 Å². The van der Waals surface area contributed by atoms with Gasteiger partial charge in [-0.2, -0.15) is 4.31 Å². The number of nitrogens with one attached hydrogen (secondary N) is 1. The topological polar surface area (TPSA) is 102 Å². The number of anilines is 1. The SMILES string of the molecule is COc1ccc(C(=O)OC(C)C(=O)Nc2ccc(Cl)cc2)cc1S(=O)(=O)N1CCCCCC1. The molecule has 0 bridgehead atoms. The second-order valence-electron chi connectivity index (χ2n) is 7.73. The number of sulfonamides is 1. The Morgan fingerprint density at radius 1 is 1.03 bits per heavy atom. The first-order chi connectivity index (χ1) is 15.7. The van der Waals surface area contributed by atoms with Gasteiger partial charge < -0.3 is 14.8 Å². The maximum absolute atomic E-state index is 13.3. The van der Waals surface area contributed by atoms with Gasteiger partial charge in [-0.1, -0.05) is 24.4 Å². The first-order valence-electron chi connectivity index (χ1n) is 10.7. The van der Waals surface area contributed by atoms with E-state index in [0.717, 1.165) is 25.7 Å². The molecule has 1 saturated heterocycles. The van der Waals surface area contributed by atoms with E-state index in [4.69, 9.17) is 21.1 Å². The van der Waals surface area contributed by atoms with Gasteiger partial charge in [0.2, 0.25) is 10.0 Å². The lowest BCUT2D eigenvalue weighted by Gasteiger charge is -2.21. The van der Waals surface area contributed by atoms with E-state index in [1.54, 1.807) is 24.3 Å². The zero-order valence-corrected chi connectivity index (χ0v) is 20.1. The van der Waals surface area contributed by atoms with Crippen LogP contribution >= 0.6 is 11.6 Å². The number of esters is 1. The summed E-state index contributed by atoms with van der Waals surface area (Å²) in [5.74, 6) is -1.20. The molecule has 1 unspecified atom stereocenters. The molecular weight excluding hydrogens is 468 g/mol. The highest BCUT2D eigenvalue weighted by molar-refractivity contribution is 7.89. The molecule has 0 aliphatic carbocycles. The number of rotatable bonds is 7. The molecule has 33 heavy (non-hydrogen) atoms. The van der Waals surface area contributed by atoms with Crippen LogP contribution < -0.4 is 10.1 Å². The molecule has 0 radical (unpaired) electrons. The van der Waals surface area contributed by atoms with E-state index in [1.807, 2.05) is 0 Å². The van der Waals surface area contributed by atoms with Gasteiger partial charge >= 0.3 is 5.97 Å². The molecule has 2 aromatic rings. The van der Waals surface area contributed by atoms with Gasteiger partial charge in [0.05, 0.1) is 12.7 Å². The lowest BCUT2D eigenvalue weighted by Crippen LogP contribution is -2.32. The summed E-state index contributed by atoms with van der Waals surface area (Å²) in [5, 5.41) is 3.16. The van der Waals surface area contributed by atoms with E-state index in [2.05, 4.69) is 5.32 Å². The maximum Gasteiger partial charge on any atom is 0.338 e. The monoisotopic (exact) mass is 494 g/mol. The molecule has 1 amide bonds. The lowest BCUT2D eigenvalue weighted by molar-refractivity contribution is -0.123. The number of methoxy groups -OCH3 is 1. The molecule has 3 rings (SSSR count). The van der Waals surface area contributed by atoms with Crippen LogP contribution in [0.4, 0.5) is 5.69 Å². The van der Waals surface area contributed by atoms with Gasteiger partial charge in [-0.3, -0.25) is 4.79 Å². The van der Waals surface area contributed by atoms with Crippen molar-refractivity contribution in [1.29, 1.82) is 0 Å². The molecule has 10 heteroatoms. The van der Waals surface area contributed by atoms with Crippen molar-refractivity contribution in [3.05, 3.63) is 53.1 Å². The molecule has 1 atom stereocenters. The summed E-state index contributed by atoms with van der Waals surface area (Å²) in [6.07, 6.45) is 2.41. The Labute approximate surface area is 198 Å². The van der Waals surface area contributed by atoms with E-state index in [9.17, 15) is 18.0 Å². The van der Waals surface area contributed by atoms with Crippen molar-refractivity contribution in [1.82, 2.24) is 4.31 Å². The van der Waals surface area contributed by atoms with Crippen LogP contribution in [0, 0.1) is 0 Å². The van der Waals surface area contributed by atoms with Gasteiger partial charge in [0.1, 0.15) is 10.6 Å². The first-order valence-corrected chi connectivity index (χ1v) is 12.5. The standard InChI is InChI=1S/C23H27ClN2O6S/c1-16(22(27)25-19-10-8-18(24)9-11-19)32-23(28)17-7-12-20(31-2)21(15-17)33(29,30)26-13-5-3-4-6-14-26/h7-12,15-16H,3-6,13-14H2,1-2H3,(H,25,27). The third kappa shape index (κ3) is 6.25. The predicted octanol–water partition coefficient (Wildman–Crippen LogP) is 4.10. The number of halogens is 1. The molecule has 0 spiro atoms. The highest BCUT2D eigenvalue weighted by atomic mass is 35.5. The van der Waals surface area contributed by atoms with Crippen LogP contribution in [0.15, 0.2) is 47.4 Å². The highest BCUT2D eigenvalue weighted by Crippen LogP contribution is 2.29. The maximum atomic E-state index is 13.3. The van der Waals surface area contributed by atoms with E-state index in [0.29, 0.717) is 23.8 Å². The number of hydrogen-bond donors (Lipinski definition) is 1. The summed E-state index contributed by atoms with van der Waals surface area (Å²) in [6, 6.07) is 10.6. The molecule has 1 aliphatic rings. The van der Waals surface area contributed by atoms with Crippen LogP contribution in [0.3, 0.4) is 0 Å². The molecule has 1 N–H and O–H groups in total. The Kier molecular flexibility index (Phi) is 8.34. The Morgan fingerprint density at radius 3 is 2.27 bits per heavy atom. The Balaban J connectivity index is 1.76. The largest absolute Gasteiger partial charge is 0.495 e. The number of nitrogens with zero attached hydrogens (tertiary/aromatic N) is 1. The fourth-order valence-electron chi connectivity index (χ4n) is 3.49. The van der Waals surface area contributed by atoms with Crippen LogP contribution in [0.2, 0.25) is 5.02 Å². The van der Waals surface area contributed by atoms with Crippen LogP contribution in [0.1, 0.15) is 43.0 Å². The van der Waals surface area contributed by atoms with Crippen molar-refractivity contribution >= 4 is 39.2 Å². The smallest absolute Gasteiger partial charge is 0.338 e. The van der Waals surface area contributed by atoms with Crippen LogP contribution in [-0.4, -0.2) is 50.9 Å². The molecule has 2 aromatic carbocycles. The van der Waals surface area contributed by atoms with Crippen LogP contribution in [0.5, 0.6) is 5.75 Å². The number of hydrogen-bond acceptors (Lipinski definition) is 6. The normalized spacial score (nSPS) is 15.8. The van der Waals surface area contributed by atoms with Gasteiger partial charge in [-0.25, -0.2) is 13.2 Å². The Hall–Kier alpha value is -2.62. The third-order valence-electron chi connectivity index (χ3n) is 5.35. The van der Waals surface area contributed by atoms with Crippen molar-refractivity contribution in [2.75, 3.05) is 25.5 Å². The minimum Gasteiger partial charge on any atom is -0.495 e. The van der Waals surface area contributed by atoms with E-state index in [-0.39, 0.29) is 16.2 Å². The van der Waals surface area contributed by atoms with E-state index < -0.39 is 28.0 Å². The molecule has 178 valence electrons. The lowest BCUT2D eigenvalue weighted by atomic mass is 10.2. The fourth-order valence-corrected chi connectivity index (χ4v) is 5.31. The van der Waals surface area contributed by atoms with Crippen molar-refractivity contribution in [2.24, 2.45) is 0 Å². The zero-order chi connectivity index (χ0) is 24.0. The quantitative estimate of drug-likeness (QED) is 0.581. The predicted molar refractivity (Wildman–Crippen MR) is 125 cm³/mol. The highest BCUT2D eigenvalue weighted by Gasteiger charge is 2.30. The van der Waals surface area contributed by atoms with Gasteiger partial charge in [0, 0.05) is 23.8 Å². The number of benzene rings is 2. The first kappa shape index (κ1) is 25.0. The average molecular weight is 495 g/mol. The van der Waals surface area contributed by atoms with Crippen molar-refractivity contribution in [3.8, 4) is 5.75 Å². The summed E-state index contributed by atoms with van der Waals surface area (Å²) in [5.41, 5.74) is 0.512. The Bertz CT molecular complexity index is 1100. The molecule has 1 heterocycles.